The minimum atomic E-state index is -0.196. The number of aromatic nitrogens is 2. The van der Waals surface area contributed by atoms with Crippen LogP contribution in [0.15, 0.2) is 227 Å². The van der Waals surface area contributed by atoms with Crippen LogP contribution in [0.1, 0.15) is 29.7 Å². The standard InChI is InChI=1S/C61H40N4O/c1-37-58(42-28-26-38-14-5-7-16-40(38)32-42)62-61(44-29-27-39-15-6-8-17-41(39)33-44)63-59(37)43-30-31-48-49-22-13-25-54(60(49)66-57(48)34-43)65-53-24-12-10-21-47(53)51-35-50-46-20-9-11-23-52(46)64(55(50)36-56(51)65)45-18-3-2-4-19-45/h2-37,59H,1H3. The Bertz CT molecular complexity index is 4200. The molecule has 0 fully saturated rings. The van der Waals surface area contributed by atoms with E-state index >= 15 is 0 Å². The average molecular weight is 845 g/mol. The van der Waals surface area contributed by atoms with Crippen LogP contribution in [0.25, 0.3) is 98.5 Å². The molecule has 0 amide bonds. The fourth-order valence-electron chi connectivity index (χ4n) is 10.9. The summed E-state index contributed by atoms with van der Waals surface area (Å²) in [6.45, 7) is 2.26. The third-order valence-electron chi connectivity index (χ3n) is 14.0. The van der Waals surface area contributed by atoms with Gasteiger partial charge in [-0.3, -0.25) is 4.99 Å². The Labute approximate surface area is 379 Å². The number of furan rings is 1. The summed E-state index contributed by atoms with van der Waals surface area (Å²) < 4.78 is 11.9. The molecular formula is C61H40N4O. The molecule has 5 nitrogen and oxygen atoms in total. The number of rotatable bonds is 5. The maximum Gasteiger partial charge on any atom is 0.159 e. The molecule has 1 aliphatic heterocycles. The highest BCUT2D eigenvalue weighted by Gasteiger charge is 2.31. The summed E-state index contributed by atoms with van der Waals surface area (Å²) >= 11 is 0. The Morgan fingerprint density at radius 2 is 1.03 bits per heavy atom. The zero-order chi connectivity index (χ0) is 43.5. The molecule has 66 heavy (non-hydrogen) atoms. The molecule has 2 atom stereocenters. The maximum absolute atomic E-state index is 7.12. The number of hydrogen-bond acceptors (Lipinski definition) is 3. The highest BCUT2D eigenvalue weighted by Crippen LogP contribution is 2.43. The van der Waals surface area contributed by atoms with Gasteiger partial charge in [0.2, 0.25) is 0 Å². The van der Waals surface area contributed by atoms with Gasteiger partial charge in [-0.15, -0.1) is 0 Å². The molecule has 0 aliphatic carbocycles. The summed E-state index contributed by atoms with van der Waals surface area (Å²) in [5.41, 5.74) is 12.7. The van der Waals surface area contributed by atoms with Gasteiger partial charge in [0.25, 0.3) is 0 Å². The van der Waals surface area contributed by atoms with Crippen molar-refractivity contribution in [1.29, 1.82) is 0 Å². The number of para-hydroxylation sites is 4. The average Bonchev–Trinajstić information content (AvgIpc) is 4.02. The van der Waals surface area contributed by atoms with E-state index in [1.165, 1.54) is 48.6 Å². The van der Waals surface area contributed by atoms with Crippen molar-refractivity contribution < 1.29 is 4.42 Å². The van der Waals surface area contributed by atoms with Crippen molar-refractivity contribution in [3.63, 3.8) is 0 Å². The lowest BCUT2D eigenvalue weighted by Gasteiger charge is -2.28. The number of benzene rings is 10. The molecule has 13 aromatic rings. The van der Waals surface area contributed by atoms with Crippen LogP contribution < -0.4 is 0 Å². The van der Waals surface area contributed by atoms with Gasteiger partial charge in [-0.2, -0.15) is 0 Å². The molecule has 5 heteroatoms. The van der Waals surface area contributed by atoms with Crippen molar-refractivity contribution in [2.45, 2.75) is 13.0 Å². The Kier molecular flexibility index (Phi) is 7.96. The molecule has 310 valence electrons. The van der Waals surface area contributed by atoms with Crippen LogP contribution >= 0.6 is 0 Å². The Morgan fingerprint density at radius 3 is 1.77 bits per heavy atom. The van der Waals surface area contributed by atoms with Crippen molar-refractivity contribution in [3.8, 4) is 11.4 Å². The van der Waals surface area contributed by atoms with Crippen molar-refractivity contribution >= 4 is 98.6 Å². The first kappa shape index (κ1) is 36.9. The molecule has 1 aliphatic rings. The summed E-state index contributed by atoms with van der Waals surface area (Å²) in [7, 11) is 0. The molecule has 0 radical (unpaired) electrons. The van der Waals surface area contributed by atoms with Crippen molar-refractivity contribution in [2.75, 3.05) is 0 Å². The molecule has 0 saturated heterocycles. The number of nitrogens with zero attached hydrogens (tertiary/aromatic N) is 4. The van der Waals surface area contributed by atoms with E-state index in [2.05, 4.69) is 228 Å². The Morgan fingerprint density at radius 1 is 0.424 bits per heavy atom. The monoisotopic (exact) mass is 844 g/mol. The lowest BCUT2D eigenvalue weighted by Crippen LogP contribution is -2.26. The van der Waals surface area contributed by atoms with Crippen molar-refractivity contribution in [2.24, 2.45) is 15.9 Å². The van der Waals surface area contributed by atoms with Crippen LogP contribution in [0.5, 0.6) is 0 Å². The number of aliphatic imine (C=N–C) groups is 2. The number of hydrogen-bond donors (Lipinski definition) is 0. The van der Waals surface area contributed by atoms with Gasteiger partial charge < -0.3 is 13.6 Å². The summed E-state index contributed by atoms with van der Waals surface area (Å²) in [5, 5.41) is 11.8. The predicted molar refractivity (Wildman–Crippen MR) is 275 cm³/mol. The summed E-state index contributed by atoms with van der Waals surface area (Å²) in [6.07, 6.45) is 0. The Hall–Kier alpha value is -8.54. The van der Waals surface area contributed by atoms with E-state index in [1.807, 2.05) is 0 Å². The van der Waals surface area contributed by atoms with Crippen molar-refractivity contribution in [1.82, 2.24) is 9.13 Å². The highest BCUT2D eigenvalue weighted by molar-refractivity contribution is 6.20. The summed E-state index contributed by atoms with van der Waals surface area (Å²) in [5.74, 6) is 0.736. The third-order valence-corrected chi connectivity index (χ3v) is 14.0. The van der Waals surface area contributed by atoms with E-state index in [1.54, 1.807) is 0 Å². The van der Waals surface area contributed by atoms with Gasteiger partial charge >= 0.3 is 0 Å². The van der Waals surface area contributed by atoms with Crippen molar-refractivity contribution in [3.05, 3.63) is 229 Å². The summed E-state index contributed by atoms with van der Waals surface area (Å²) in [4.78, 5) is 10.9. The van der Waals surface area contributed by atoms with Gasteiger partial charge in [0.15, 0.2) is 11.4 Å². The molecule has 0 spiro atoms. The molecule has 14 rings (SSSR count). The lowest BCUT2D eigenvalue weighted by atomic mass is 9.85. The topological polar surface area (TPSA) is 47.7 Å². The molecule has 0 bridgehead atoms. The van der Waals surface area contributed by atoms with Gasteiger partial charge in [-0.1, -0.05) is 159 Å². The van der Waals surface area contributed by atoms with Crippen LogP contribution in [0.3, 0.4) is 0 Å². The van der Waals surface area contributed by atoms with Gasteiger partial charge in [-0.25, -0.2) is 4.99 Å². The van der Waals surface area contributed by atoms with Crippen LogP contribution in [-0.4, -0.2) is 20.7 Å². The van der Waals surface area contributed by atoms with Gasteiger partial charge in [0.1, 0.15) is 5.58 Å². The van der Waals surface area contributed by atoms with E-state index in [-0.39, 0.29) is 12.0 Å². The fraction of sp³-hybridized carbons (Fsp3) is 0.0492. The van der Waals surface area contributed by atoms with Crippen LogP contribution in [0.2, 0.25) is 0 Å². The van der Waals surface area contributed by atoms with Gasteiger partial charge in [0.05, 0.1) is 39.5 Å². The number of amidine groups is 1. The molecule has 10 aromatic carbocycles. The SMILES string of the molecule is CC1C(c2ccc3ccccc3c2)=NC(c2ccc3ccccc3c2)=NC1c1ccc2c(c1)oc1c(-n3c4ccccc4c4cc5c6ccccc6n(-c6ccccc6)c5cc43)cccc12. The quantitative estimate of drug-likeness (QED) is 0.170. The predicted octanol–water partition coefficient (Wildman–Crippen LogP) is 15.7. The van der Waals surface area contributed by atoms with E-state index in [0.717, 1.165) is 78.1 Å². The normalized spacial score (nSPS) is 15.5. The first-order chi connectivity index (χ1) is 32.6. The molecule has 3 aromatic heterocycles. The minimum Gasteiger partial charge on any atom is -0.454 e. The highest BCUT2D eigenvalue weighted by atomic mass is 16.3. The first-order valence-electron chi connectivity index (χ1n) is 22.7. The van der Waals surface area contributed by atoms with Gasteiger partial charge in [0, 0.05) is 49.5 Å². The van der Waals surface area contributed by atoms with Crippen LogP contribution in [0.4, 0.5) is 0 Å². The fourth-order valence-corrected chi connectivity index (χ4v) is 10.9. The first-order valence-corrected chi connectivity index (χ1v) is 22.7. The zero-order valence-electron chi connectivity index (χ0n) is 36.1. The largest absolute Gasteiger partial charge is 0.454 e. The zero-order valence-corrected chi connectivity index (χ0v) is 36.1. The minimum absolute atomic E-state index is 0.00585. The second-order valence-electron chi connectivity index (χ2n) is 17.7. The maximum atomic E-state index is 7.12. The number of fused-ring (bicyclic) bond motifs is 11. The second kappa shape index (κ2) is 14.2. The van der Waals surface area contributed by atoms with Crippen LogP contribution in [0, 0.1) is 5.92 Å². The van der Waals surface area contributed by atoms with E-state index in [4.69, 9.17) is 14.4 Å². The molecule has 4 heterocycles. The molecule has 2 unspecified atom stereocenters. The smallest absolute Gasteiger partial charge is 0.159 e. The molecule has 0 saturated carbocycles. The Balaban J connectivity index is 0.949. The third kappa shape index (κ3) is 5.53. The van der Waals surface area contributed by atoms with E-state index in [9.17, 15) is 0 Å². The van der Waals surface area contributed by atoms with Gasteiger partial charge in [-0.05, 0) is 93.3 Å². The van der Waals surface area contributed by atoms with Crippen LogP contribution in [-0.2, 0) is 0 Å². The molecular weight excluding hydrogens is 805 g/mol. The molecule has 0 N–H and O–H groups in total. The lowest BCUT2D eigenvalue weighted by molar-refractivity contribution is 0.590. The van der Waals surface area contributed by atoms with E-state index in [0.29, 0.717) is 0 Å². The van der Waals surface area contributed by atoms with E-state index < -0.39 is 0 Å². The summed E-state index contributed by atoms with van der Waals surface area (Å²) in [6, 6.07) is 76.2. The second-order valence-corrected chi connectivity index (χ2v) is 17.7.